The van der Waals surface area contributed by atoms with Crippen LogP contribution >= 0.6 is 23.2 Å². The molecule has 8 heteroatoms. The zero-order chi connectivity index (χ0) is 13.9. The van der Waals surface area contributed by atoms with Crippen LogP contribution < -0.4 is 29.6 Å². The Balaban J connectivity index is 0. The van der Waals surface area contributed by atoms with Crippen molar-refractivity contribution in [3.05, 3.63) is 45.4 Å². The molecule has 0 atom stereocenters. The molecule has 0 heterocycles. The average Bonchev–Trinajstić information content (AvgIpc) is 2.34. The first-order chi connectivity index (χ1) is 8.42. The molecule has 0 aromatic heterocycles. The molecule has 0 saturated carbocycles. The minimum absolute atomic E-state index is 0. The summed E-state index contributed by atoms with van der Waals surface area (Å²) in [6.07, 6.45) is 0.275. The second-order valence-electron chi connectivity index (χ2n) is 3.11. The Labute approximate surface area is 141 Å². The van der Waals surface area contributed by atoms with Crippen LogP contribution in [0.3, 0.4) is 0 Å². The SMILES string of the molecule is COC(=O)/C(=C\O)C(=O)c1cc(F)c(Cl)cc1Cl.[H-].[Na+]. The predicted molar refractivity (Wildman–Crippen MR) is 64.6 cm³/mol. The van der Waals surface area contributed by atoms with Gasteiger partial charge in [-0.3, -0.25) is 4.79 Å². The zero-order valence-corrected chi connectivity index (χ0v) is 13.5. The maximum Gasteiger partial charge on any atom is 1.00 e. The molecule has 0 aliphatic carbocycles. The Morgan fingerprint density at radius 2 is 1.95 bits per heavy atom. The van der Waals surface area contributed by atoms with Crippen LogP contribution in [-0.2, 0) is 9.53 Å². The third-order valence-electron chi connectivity index (χ3n) is 2.03. The molecular weight excluding hydrogens is 309 g/mol. The summed E-state index contributed by atoms with van der Waals surface area (Å²) in [7, 11) is 1.03. The van der Waals surface area contributed by atoms with Gasteiger partial charge in [-0.15, -0.1) is 0 Å². The number of aliphatic hydroxyl groups excluding tert-OH is 1. The Morgan fingerprint density at radius 3 is 2.42 bits per heavy atom. The van der Waals surface area contributed by atoms with E-state index in [1.165, 1.54) is 0 Å². The van der Waals surface area contributed by atoms with Crippen LogP contribution in [0.5, 0.6) is 0 Å². The molecule has 19 heavy (non-hydrogen) atoms. The van der Waals surface area contributed by atoms with Crippen LogP contribution in [0.1, 0.15) is 11.8 Å². The van der Waals surface area contributed by atoms with Crippen LogP contribution in [0.15, 0.2) is 24.0 Å². The van der Waals surface area contributed by atoms with E-state index in [0.717, 1.165) is 19.2 Å². The Bertz CT molecular complexity index is 551. The summed E-state index contributed by atoms with van der Waals surface area (Å²) >= 11 is 11.2. The number of methoxy groups -OCH3 is 1. The average molecular weight is 317 g/mol. The molecular formula is C11H8Cl2FNaO4. The minimum atomic E-state index is -1.06. The van der Waals surface area contributed by atoms with Gasteiger partial charge in [-0.1, -0.05) is 23.2 Å². The fourth-order valence-electron chi connectivity index (χ4n) is 1.16. The molecule has 0 unspecified atom stereocenters. The van der Waals surface area contributed by atoms with Gasteiger partial charge in [0.05, 0.1) is 23.4 Å². The van der Waals surface area contributed by atoms with E-state index in [2.05, 4.69) is 4.74 Å². The van der Waals surface area contributed by atoms with E-state index in [9.17, 15) is 14.0 Å². The number of hydrogen-bond donors (Lipinski definition) is 1. The van der Waals surface area contributed by atoms with Gasteiger partial charge in [-0.25, -0.2) is 9.18 Å². The number of benzene rings is 1. The number of rotatable bonds is 3. The molecule has 1 rings (SSSR count). The van der Waals surface area contributed by atoms with Crippen LogP contribution in [0, 0.1) is 5.82 Å². The molecule has 0 spiro atoms. The zero-order valence-electron chi connectivity index (χ0n) is 11.0. The van der Waals surface area contributed by atoms with Gasteiger partial charge in [0, 0.05) is 5.56 Å². The summed E-state index contributed by atoms with van der Waals surface area (Å²) in [6.45, 7) is 0. The van der Waals surface area contributed by atoms with Gasteiger partial charge in [0.25, 0.3) is 0 Å². The van der Waals surface area contributed by atoms with Crippen molar-refractivity contribution in [1.82, 2.24) is 0 Å². The molecule has 0 radical (unpaired) electrons. The van der Waals surface area contributed by atoms with E-state index in [0.29, 0.717) is 0 Å². The maximum absolute atomic E-state index is 13.2. The van der Waals surface area contributed by atoms with Gasteiger partial charge in [0.1, 0.15) is 11.4 Å². The fraction of sp³-hybridized carbons (Fsp3) is 0.0909. The molecule has 0 amide bonds. The van der Waals surface area contributed by atoms with Crippen LogP contribution in [0.25, 0.3) is 0 Å². The fourth-order valence-corrected chi connectivity index (χ4v) is 1.62. The number of Topliss-reactive ketones (excluding diaryl/α,β-unsaturated/α-hetero) is 1. The van der Waals surface area contributed by atoms with Gasteiger partial charge in [-0.05, 0) is 12.1 Å². The van der Waals surface area contributed by atoms with Crippen molar-refractivity contribution in [2.24, 2.45) is 0 Å². The molecule has 0 fully saturated rings. The summed E-state index contributed by atoms with van der Waals surface area (Å²) in [6, 6.07) is 1.80. The van der Waals surface area contributed by atoms with Gasteiger partial charge < -0.3 is 11.3 Å². The summed E-state index contributed by atoms with van der Waals surface area (Å²) in [5, 5.41) is 8.42. The van der Waals surface area contributed by atoms with Crippen molar-refractivity contribution in [2.45, 2.75) is 0 Å². The Hall–Kier alpha value is -0.590. The van der Waals surface area contributed by atoms with Crippen molar-refractivity contribution in [3.8, 4) is 0 Å². The van der Waals surface area contributed by atoms with Gasteiger partial charge in [0.15, 0.2) is 0 Å². The maximum atomic E-state index is 13.2. The van der Waals surface area contributed by atoms with Crippen LogP contribution in [0.4, 0.5) is 4.39 Å². The number of hydrogen-bond acceptors (Lipinski definition) is 4. The number of carbonyl (C=O) groups excluding carboxylic acids is 2. The summed E-state index contributed by atoms with van der Waals surface area (Å²) in [5.41, 5.74) is -0.967. The first-order valence-electron chi connectivity index (χ1n) is 4.54. The van der Waals surface area contributed by atoms with Gasteiger partial charge in [0.2, 0.25) is 5.78 Å². The van der Waals surface area contributed by atoms with E-state index < -0.39 is 23.1 Å². The predicted octanol–water partition coefficient (Wildman–Crippen LogP) is 0.0466. The van der Waals surface area contributed by atoms with Crippen molar-refractivity contribution < 1.29 is 54.8 Å². The van der Waals surface area contributed by atoms with Crippen LogP contribution in [0.2, 0.25) is 10.0 Å². The molecule has 98 valence electrons. The molecule has 1 N–H and O–H groups in total. The second kappa shape index (κ2) is 7.87. The van der Waals surface area contributed by atoms with Gasteiger partial charge in [-0.2, -0.15) is 0 Å². The van der Waals surface area contributed by atoms with Crippen molar-refractivity contribution in [3.63, 3.8) is 0 Å². The van der Waals surface area contributed by atoms with Crippen molar-refractivity contribution in [2.75, 3.05) is 7.11 Å². The molecule has 0 aliphatic rings. The number of carbonyl (C=O) groups is 2. The number of aliphatic hydroxyl groups is 1. The molecule has 0 bridgehead atoms. The first kappa shape index (κ1) is 18.4. The molecule has 1 aromatic rings. The standard InChI is InChI=1S/C11H7Cl2FO4.Na.H/c1-18-11(17)6(4-15)10(16)5-2-9(14)8(13)3-7(5)12;;/h2-4,15H,1H3;;/q;+1;-1/b6-4-;;. The summed E-state index contributed by atoms with van der Waals surface area (Å²) < 4.78 is 17.5. The third-order valence-corrected chi connectivity index (χ3v) is 2.64. The molecule has 0 saturated heterocycles. The smallest absolute Gasteiger partial charge is 1.00 e. The molecule has 4 nitrogen and oxygen atoms in total. The number of halogens is 3. The topological polar surface area (TPSA) is 63.6 Å². The quantitative estimate of drug-likeness (QED) is 0.125. The monoisotopic (exact) mass is 316 g/mol. The van der Waals surface area contributed by atoms with Gasteiger partial charge >= 0.3 is 35.5 Å². The number of esters is 1. The first-order valence-corrected chi connectivity index (χ1v) is 5.30. The normalized spacial score (nSPS) is 10.6. The molecule has 1 aromatic carbocycles. The van der Waals surface area contributed by atoms with Crippen molar-refractivity contribution >= 4 is 35.0 Å². The number of ether oxygens (including phenoxy) is 1. The summed E-state index contributed by atoms with van der Waals surface area (Å²) in [5.74, 6) is -2.90. The van der Waals surface area contributed by atoms with Crippen molar-refractivity contribution in [1.29, 1.82) is 0 Å². The van der Waals surface area contributed by atoms with E-state index in [1.807, 2.05) is 0 Å². The van der Waals surface area contributed by atoms with Crippen LogP contribution in [-0.4, -0.2) is 24.0 Å². The Morgan fingerprint density at radius 1 is 1.37 bits per heavy atom. The van der Waals surface area contributed by atoms with E-state index in [4.69, 9.17) is 28.3 Å². The van der Waals surface area contributed by atoms with E-state index in [-0.39, 0.29) is 52.9 Å². The number of ketones is 1. The largest absolute Gasteiger partial charge is 1.00 e. The second-order valence-corrected chi connectivity index (χ2v) is 3.92. The minimum Gasteiger partial charge on any atom is -1.00 e. The Kier molecular flexibility index (Phi) is 7.62. The van der Waals surface area contributed by atoms with E-state index >= 15 is 0 Å². The molecule has 0 aliphatic heterocycles. The summed E-state index contributed by atoms with van der Waals surface area (Å²) in [4.78, 5) is 23.0. The van der Waals surface area contributed by atoms with E-state index in [1.54, 1.807) is 0 Å². The third kappa shape index (κ3) is 4.19.